The van der Waals surface area contributed by atoms with Crippen LogP contribution >= 0.6 is 12.2 Å². The number of aromatic nitrogens is 3. The highest BCUT2D eigenvalue weighted by Gasteiger charge is 2.23. The van der Waals surface area contributed by atoms with Crippen LogP contribution in [0, 0.1) is 0 Å². The van der Waals surface area contributed by atoms with E-state index < -0.39 is 0 Å². The quantitative estimate of drug-likeness (QED) is 0.387. The fourth-order valence-corrected chi connectivity index (χ4v) is 4.28. The third-order valence-electron chi connectivity index (χ3n) is 5.89. The summed E-state index contributed by atoms with van der Waals surface area (Å²) >= 11 is 5.57. The van der Waals surface area contributed by atoms with Crippen LogP contribution in [0.3, 0.4) is 0 Å². The number of nitrogens with one attached hydrogen (secondary N) is 1. The van der Waals surface area contributed by atoms with Gasteiger partial charge in [0.15, 0.2) is 22.4 Å². The van der Waals surface area contributed by atoms with Crippen molar-refractivity contribution in [3.63, 3.8) is 0 Å². The molecule has 1 aliphatic rings. The number of hydrogen-bond acceptors (Lipinski definition) is 8. The zero-order valence-electron chi connectivity index (χ0n) is 19.9. The summed E-state index contributed by atoms with van der Waals surface area (Å²) in [6.45, 7) is 6.22. The number of methoxy groups -OCH3 is 2. The number of anilines is 2. The molecule has 10 heteroatoms. The molecule has 0 amide bonds. The molecule has 3 aromatic rings. The second kappa shape index (κ2) is 10.7. The summed E-state index contributed by atoms with van der Waals surface area (Å²) in [5, 5.41) is 4.17. The molecule has 2 aromatic heterocycles. The number of fused-ring (bicyclic) bond motifs is 1. The second-order valence-electron chi connectivity index (χ2n) is 8.10. The first-order valence-electron chi connectivity index (χ1n) is 11.5. The van der Waals surface area contributed by atoms with E-state index in [4.69, 9.17) is 32.4 Å². The highest BCUT2D eigenvalue weighted by atomic mass is 32.1. The van der Waals surface area contributed by atoms with Crippen molar-refractivity contribution in [2.45, 2.75) is 19.8 Å². The van der Waals surface area contributed by atoms with Gasteiger partial charge in [-0.25, -0.2) is 9.97 Å². The Labute approximate surface area is 205 Å². The average molecular weight is 482 g/mol. The maximum atomic E-state index is 6.05. The number of hydrogen-bond donors (Lipinski definition) is 2. The number of pyridine rings is 1. The molecule has 1 aromatic carbocycles. The number of thiocarbonyl (C=S) groups is 1. The lowest BCUT2D eigenvalue weighted by Gasteiger charge is -2.37. The summed E-state index contributed by atoms with van der Waals surface area (Å²) in [4.78, 5) is 18.3. The number of ether oxygens (including phenoxy) is 2. The number of piperazine rings is 1. The lowest BCUT2D eigenvalue weighted by atomic mass is 10.1. The number of nitrogens with zero attached hydrogens (tertiary/aromatic N) is 5. The predicted molar refractivity (Wildman–Crippen MR) is 140 cm³/mol. The van der Waals surface area contributed by atoms with Gasteiger partial charge in [0.05, 0.1) is 25.4 Å². The molecule has 0 radical (unpaired) electrons. The molecular formula is C24H31N7O2S. The van der Waals surface area contributed by atoms with Crippen molar-refractivity contribution in [2.24, 2.45) is 0 Å². The van der Waals surface area contributed by atoms with Crippen LogP contribution in [0.1, 0.15) is 19.8 Å². The molecular weight excluding hydrogens is 450 g/mol. The summed E-state index contributed by atoms with van der Waals surface area (Å²) in [6, 6.07) is 9.60. The molecule has 4 rings (SSSR count). The molecule has 1 saturated heterocycles. The minimum atomic E-state index is 0.238. The third kappa shape index (κ3) is 5.06. The van der Waals surface area contributed by atoms with E-state index in [1.807, 2.05) is 30.3 Å². The van der Waals surface area contributed by atoms with E-state index in [-0.39, 0.29) is 5.95 Å². The van der Waals surface area contributed by atoms with E-state index in [0.29, 0.717) is 17.0 Å². The Balaban J connectivity index is 1.59. The Morgan fingerprint density at radius 2 is 1.79 bits per heavy atom. The first kappa shape index (κ1) is 23.7. The van der Waals surface area contributed by atoms with Crippen LogP contribution < -0.4 is 25.4 Å². The van der Waals surface area contributed by atoms with Crippen LogP contribution in [0.5, 0.6) is 11.5 Å². The third-order valence-corrected chi connectivity index (χ3v) is 6.30. The molecule has 0 bridgehead atoms. The van der Waals surface area contributed by atoms with Crippen molar-refractivity contribution in [2.75, 3.05) is 57.6 Å². The van der Waals surface area contributed by atoms with E-state index in [9.17, 15) is 0 Å². The Kier molecular flexibility index (Phi) is 7.46. The molecule has 1 aliphatic heterocycles. The van der Waals surface area contributed by atoms with Crippen molar-refractivity contribution in [1.29, 1.82) is 0 Å². The van der Waals surface area contributed by atoms with E-state index in [0.717, 1.165) is 73.3 Å². The van der Waals surface area contributed by atoms with Crippen LogP contribution in [0.2, 0.25) is 0 Å². The molecule has 0 aliphatic carbocycles. The van der Waals surface area contributed by atoms with Crippen LogP contribution in [-0.4, -0.2) is 71.9 Å². The summed E-state index contributed by atoms with van der Waals surface area (Å²) in [5.74, 6) is 2.30. The van der Waals surface area contributed by atoms with Gasteiger partial charge < -0.3 is 30.3 Å². The van der Waals surface area contributed by atoms with Gasteiger partial charge in [0, 0.05) is 38.3 Å². The highest BCUT2D eigenvalue weighted by molar-refractivity contribution is 7.80. The molecule has 180 valence electrons. The first-order chi connectivity index (χ1) is 16.5. The Morgan fingerprint density at radius 1 is 1.03 bits per heavy atom. The SMILES string of the molecule is CCCCNC(=S)N1CCN(c2nc(N)nc3ccc(-c4ccc(OC)c(OC)c4)nc23)CC1. The molecule has 9 nitrogen and oxygen atoms in total. The minimum absolute atomic E-state index is 0.238. The topological polar surface area (TPSA) is 102 Å². The van der Waals surface area contributed by atoms with E-state index in [1.165, 1.54) is 0 Å². The first-order valence-corrected chi connectivity index (χ1v) is 11.9. The zero-order valence-corrected chi connectivity index (χ0v) is 20.7. The molecule has 3 heterocycles. The number of nitrogen functional groups attached to an aromatic ring is 1. The zero-order chi connectivity index (χ0) is 24.1. The van der Waals surface area contributed by atoms with Crippen molar-refractivity contribution >= 4 is 40.1 Å². The van der Waals surface area contributed by atoms with Crippen molar-refractivity contribution in [3.8, 4) is 22.8 Å². The van der Waals surface area contributed by atoms with Crippen molar-refractivity contribution in [3.05, 3.63) is 30.3 Å². The highest BCUT2D eigenvalue weighted by Crippen LogP contribution is 2.33. The molecule has 0 unspecified atom stereocenters. The van der Waals surface area contributed by atoms with Crippen LogP contribution in [0.25, 0.3) is 22.3 Å². The summed E-state index contributed by atoms with van der Waals surface area (Å²) < 4.78 is 10.8. The second-order valence-corrected chi connectivity index (χ2v) is 8.49. The lowest BCUT2D eigenvalue weighted by molar-refractivity contribution is 0.355. The molecule has 0 atom stereocenters. The van der Waals surface area contributed by atoms with E-state index in [2.05, 4.69) is 32.0 Å². The Morgan fingerprint density at radius 3 is 2.50 bits per heavy atom. The van der Waals surface area contributed by atoms with Gasteiger partial charge in [-0.05, 0) is 49.0 Å². The standard InChI is InChI=1S/C24H31N7O2S/c1-4-5-10-26-24(34)31-13-11-30(12-14-31)22-21-18(28-23(25)29-22)8-7-17(27-21)16-6-9-19(32-2)20(15-16)33-3/h6-9,15H,4-5,10-14H2,1-3H3,(H,26,34)(H2,25,28,29). The van der Waals surface area contributed by atoms with Gasteiger partial charge in [0.1, 0.15) is 5.52 Å². The average Bonchev–Trinajstić information content (AvgIpc) is 2.87. The van der Waals surface area contributed by atoms with Crippen LogP contribution in [0.4, 0.5) is 11.8 Å². The van der Waals surface area contributed by atoms with E-state index in [1.54, 1.807) is 14.2 Å². The summed E-state index contributed by atoms with van der Waals surface area (Å²) in [7, 11) is 3.24. The number of unbranched alkanes of at least 4 members (excludes halogenated alkanes) is 1. The number of rotatable bonds is 7. The fraction of sp³-hybridized carbons (Fsp3) is 0.417. The summed E-state index contributed by atoms with van der Waals surface area (Å²) in [5.41, 5.74) is 9.19. The number of nitrogens with two attached hydrogens (primary N) is 1. The van der Waals surface area contributed by atoms with Gasteiger partial charge in [-0.2, -0.15) is 4.98 Å². The normalized spacial score (nSPS) is 13.7. The fourth-order valence-electron chi connectivity index (χ4n) is 4.00. The van der Waals surface area contributed by atoms with Gasteiger partial charge in [0.2, 0.25) is 5.95 Å². The van der Waals surface area contributed by atoms with Crippen molar-refractivity contribution < 1.29 is 9.47 Å². The van der Waals surface area contributed by atoms with Crippen molar-refractivity contribution in [1.82, 2.24) is 25.2 Å². The van der Waals surface area contributed by atoms with Gasteiger partial charge in [-0.1, -0.05) is 13.3 Å². The monoisotopic (exact) mass is 481 g/mol. The Bertz CT molecular complexity index is 1170. The predicted octanol–water partition coefficient (Wildman–Crippen LogP) is 3.09. The minimum Gasteiger partial charge on any atom is -0.493 e. The van der Waals surface area contributed by atoms with Crippen LogP contribution in [-0.2, 0) is 0 Å². The molecule has 0 spiro atoms. The van der Waals surface area contributed by atoms with Gasteiger partial charge in [0.25, 0.3) is 0 Å². The number of benzene rings is 1. The van der Waals surface area contributed by atoms with Gasteiger partial charge >= 0.3 is 0 Å². The van der Waals surface area contributed by atoms with E-state index >= 15 is 0 Å². The summed E-state index contributed by atoms with van der Waals surface area (Å²) in [6.07, 6.45) is 2.25. The van der Waals surface area contributed by atoms with Gasteiger partial charge in [-0.15, -0.1) is 0 Å². The largest absolute Gasteiger partial charge is 0.493 e. The maximum Gasteiger partial charge on any atom is 0.222 e. The molecule has 0 saturated carbocycles. The lowest BCUT2D eigenvalue weighted by Crippen LogP contribution is -2.52. The molecule has 1 fully saturated rings. The molecule has 34 heavy (non-hydrogen) atoms. The Hall–Kier alpha value is -3.40. The molecule has 3 N–H and O–H groups in total. The maximum absolute atomic E-state index is 6.05. The smallest absolute Gasteiger partial charge is 0.222 e. The van der Waals surface area contributed by atoms with Gasteiger partial charge in [-0.3, -0.25) is 0 Å². The van der Waals surface area contributed by atoms with Crippen LogP contribution in [0.15, 0.2) is 30.3 Å².